The molecule has 2 rings (SSSR count). The van der Waals surface area contributed by atoms with Gasteiger partial charge in [0.25, 0.3) is 0 Å². The summed E-state index contributed by atoms with van der Waals surface area (Å²) < 4.78 is 0. The molecule has 0 bridgehead atoms. The van der Waals surface area contributed by atoms with Gasteiger partial charge in [-0.2, -0.15) is 0 Å². The van der Waals surface area contributed by atoms with Gasteiger partial charge in [-0.1, -0.05) is 19.3 Å². The van der Waals surface area contributed by atoms with Gasteiger partial charge < -0.3 is 10.3 Å². The quantitative estimate of drug-likeness (QED) is 0.618. The highest BCUT2D eigenvalue weighted by molar-refractivity contribution is 5.49. The van der Waals surface area contributed by atoms with Crippen molar-refractivity contribution in [1.29, 1.82) is 0 Å². The van der Waals surface area contributed by atoms with E-state index in [2.05, 4.69) is 27.3 Å². The molecule has 3 N–H and O–H groups in total. The number of aromatic nitrogens is 2. The van der Waals surface area contributed by atoms with Gasteiger partial charge in [-0.15, -0.1) is 0 Å². The van der Waals surface area contributed by atoms with Crippen LogP contribution >= 0.6 is 0 Å². The van der Waals surface area contributed by atoms with Gasteiger partial charge in [0.2, 0.25) is 0 Å². The van der Waals surface area contributed by atoms with E-state index in [1.54, 1.807) is 0 Å². The number of rotatable bonds is 3. The van der Waals surface area contributed by atoms with E-state index in [-0.39, 0.29) is 0 Å². The van der Waals surface area contributed by atoms with E-state index < -0.39 is 0 Å². The lowest BCUT2D eigenvalue weighted by atomic mass is 9.94. The minimum Gasteiger partial charge on any atom is -0.357 e. The van der Waals surface area contributed by atoms with E-state index >= 15 is 0 Å². The predicted octanol–water partition coefficient (Wildman–Crippen LogP) is 1.84. The monoisotopic (exact) mass is 235 g/mol. The zero-order valence-electron chi connectivity index (χ0n) is 10.6. The molecule has 1 aromatic heterocycles. The summed E-state index contributed by atoms with van der Waals surface area (Å²) in [5.74, 6) is 7.79. The van der Waals surface area contributed by atoms with Crippen LogP contribution in [0.4, 0.5) is 11.6 Å². The maximum Gasteiger partial charge on any atom is 0.145 e. The maximum atomic E-state index is 5.41. The number of hydrogen-bond acceptors (Lipinski definition) is 5. The van der Waals surface area contributed by atoms with Gasteiger partial charge >= 0.3 is 0 Å². The largest absolute Gasteiger partial charge is 0.357 e. The van der Waals surface area contributed by atoms with Crippen LogP contribution in [0.5, 0.6) is 0 Å². The fraction of sp³-hybridized carbons (Fsp3) is 0.667. The van der Waals surface area contributed by atoms with Crippen molar-refractivity contribution >= 4 is 11.6 Å². The molecule has 0 saturated heterocycles. The van der Waals surface area contributed by atoms with Gasteiger partial charge in [-0.25, -0.2) is 15.8 Å². The third-order valence-electron chi connectivity index (χ3n) is 3.46. The molecule has 0 aliphatic heterocycles. The number of nitrogens with one attached hydrogen (secondary N) is 1. The fourth-order valence-corrected chi connectivity index (χ4v) is 2.46. The van der Waals surface area contributed by atoms with Gasteiger partial charge in [0.15, 0.2) is 0 Å². The van der Waals surface area contributed by atoms with Crippen LogP contribution in [0.15, 0.2) is 6.07 Å². The summed E-state index contributed by atoms with van der Waals surface area (Å²) in [7, 11) is 2.11. The highest BCUT2D eigenvalue weighted by Crippen LogP contribution is 2.25. The molecular weight excluding hydrogens is 214 g/mol. The molecule has 1 heterocycles. The van der Waals surface area contributed by atoms with E-state index in [4.69, 9.17) is 5.84 Å². The van der Waals surface area contributed by atoms with Crippen molar-refractivity contribution in [3.63, 3.8) is 0 Å². The molecule has 1 aromatic rings. The highest BCUT2D eigenvalue weighted by Gasteiger charge is 2.19. The lowest BCUT2D eigenvalue weighted by Crippen LogP contribution is -2.34. The number of hydrazine groups is 1. The molecule has 5 heteroatoms. The lowest BCUT2D eigenvalue weighted by Gasteiger charge is -2.32. The minimum absolute atomic E-state index is 0.601. The Bertz CT molecular complexity index is 373. The third-order valence-corrected chi connectivity index (χ3v) is 3.46. The molecule has 94 valence electrons. The van der Waals surface area contributed by atoms with Crippen LogP contribution < -0.4 is 16.2 Å². The molecular formula is C12H21N5. The Morgan fingerprint density at radius 1 is 1.29 bits per heavy atom. The van der Waals surface area contributed by atoms with Gasteiger partial charge in [-0.3, -0.25) is 0 Å². The van der Waals surface area contributed by atoms with Crippen LogP contribution in [-0.4, -0.2) is 23.1 Å². The Kier molecular flexibility index (Phi) is 3.78. The zero-order chi connectivity index (χ0) is 12.3. The van der Waals surface area contributed by atoms with Crippen molar-refractivity contribution in [3.8, 4) is 0 Å². The third kappa shape index (κ3) is 2.85. The number of nitrogens with zero attached hydrogens (tertiary/aromatic N) is 3. The molecule has 17 heavy (non-hydrogen) atoms. The number of nitrogen functional groups attached to an aromatic ring is 1. The van der Waals surface area contributed by atoms with E-state index in [0.29, 0.717) is 11.9 Å². The Labute approximate surface area is 102 Å². The summed E-state index contributed by atoms with van der Waals surface area (Å²) in [5.41, 5.74) is 2.59. The standard InChI is InChI=1S/C12H21N5/c1-9-14-11(16-13)8-12(15-9)17(2)10-6-4-3-5-7-10/h8,10H,3-7,13H2,1-2H3,(H,14,15,16). The normalized spacial score (nSPS) is 16.9. The van der Waals surface area contributed by atoms with Crippen molar-refractivity contribution in [2.75, 3.05) is 17.4 Å². The van der Waals surface area contributed by atoms with E-state index in [1.807, 2.05) is 13.0 Å². The van der Waals surface area contributed by atoms with Gasteiger partial charge in [-0.05, 0) is 19.8 Å². The molecule has 5 nitrogen and oxygen atoms in total. The van der Waals surface area contributed by atoms with Crippen molar-refractivity contribution in [1.82, 2.24) is 9.97 Å². The van der Waals surface area contributed by atoms with Crippen LogP contribution in [0.25, 0.3) is 0 Å². The van der Waals surface area contributed by atoms with Crippen LogP contribution in [0, 0.1) is 6.92 Å². The molecule has 0 amide bonds. The summed E-state index contributed by atoms with van der Waals surface area (Å²) in [6, 6.07) is 2.50. The molecule has 0 aromatic carbocycles. The minimum atomic E-state index is 0.601. The molecule has 0 radical (unpaired) electrons. The fourth-order valence-electron chi connectivity index (χ4n) is 2.46. The van der Waals surface area contributed by atoms with Crippen LogP contribution in [0.2, 0.25) is 0 Å². The van der Waals surface area contributed by atoms with Crippen LogP contribution in [0.1, 0.15) is 37.9 Å². The summed E-state index contributed by atoms with van der Waals surface area (Å²) in [4.78, 5) is 10.9. The Balaban J connectivity index is 2.17. The first-order valence-electron chi connectivity index (χ1n) is 6.26. The first kappa shape index (κ1) is 12.1. The topological polar surface area (TPSA) is 67.1 Å². The van der Waals surface area contributed by atoms with Crippen LogP contribution in [0.3, 0.4) is 0 Å². The molecule has 0 atom stereocenters. The van der Waals surface area contributed by atoms with Crippen molar-refractivity contribution in [2.24, 2.45) is 5.84 Å². The van der Waals surface area contributed by atoms with Crippen LogP contribution in [-0.2, 0) is 0 Å². The average Bonchev–Trinajstić information content (AvgIpc) is 2.38. The molecule has 0 spiro atoms. The van der Waals surface area contributed by atoms with E-state index in [1.165, 1.54) is 32.1 Å². The second-order valence-electron chi connectivity index (χ2n) is 4.71. The van der Waals surface area contributed by atoms with E-state index in [0.717, 1.165) is 11.6 Å². The SMILES string of the molecule is Cc1nc(NN)cc(N(C)C2CCCCC2)n1. The zero-order valence-corrected chi connectivity index (χ0v) is 10.6. The Morgan fingerprint density at radius 2 is 2.00 bits per heavy atom. The molecule has 1 saturated carbocycles. The summed E-state index contributed by atoms with van der Waals surface area (Å²) in [5, 5.41) is 0. The van der Waals surface area contributed by atoms with Gasteiger partial charge in [0, 0.05) is 19.2 Å². The molecule has 1 aliphatic rings. The molecule has 0 unspecified atom stereocenters. The molecule has 1 aliphatic carbocycles. The summed E-state index contributed by atoms with van der Waals surface area (Å²) >= 11 is 0. The van der Waals surface area contributed by atoms with Crippen molar-refractivity contribution < 1.29 is 0 Å². The van der Waals surface area contributed by atoms with E-state index in [9.17, 15) is 0 Å². The highest BCUT2D eigenvalue weighted by atomic mass is 15.3. The van der Waals surface area contributed by atoms with Crippen molar-refractivity contribution in [3.05, 3.63) is 11.9 Å². The Morgan fingerprint density at radius 3 is 2.65 bits per heavy atom. The number of aryl methyl sites for hydroxylation is 1. The average molecular weight is 235 g/mol. The smallest absolute Gasteiger partial charge is 0.145 e. The first-order chi connectivity index (χ1) is 8.20. The number of anilines is 2. The van der Waals surface area contributed by atoms with Crippen molar-refractivity contribution in [2.45, 2.75) is 45.1 Å². The Hall–Kier alpha value is -1.36. The number of hydrogen-bond donors (Lipinski definition) is 2. The first-order valence-corrected chi connectivity index (χ1v) is 6.26. The second kappa shape index (κ2) is 5.31. The number of nitrogens with two attached hydrogens (primary N) is 1. The lowest BCUT2D eigenvalue weighted by molar-refractivity contribution is 0.426. The predicted molar refractivity (Wildman–Crippen MR) is 69.9 cm³/mol. The van der Waals surface area contributed by atoms with Gasteiger partial charge in [0.1, 0.15) is 17.5 Å². The summed E-state index contributed by atoms with van der Waals surface area (Å²) in [6.07, 6.45) is 6.51. The molecule has 1 fully saturated rings. The summed E-state index contributed by atoms with van der Waals surface area (Å²) in [6.45, 7) is 1.89. The second-order valence-corrected chi connectivity index (χ2v) is 4.71. The van der Waals surface area contributed by atoms with Gasteiger partial charge in [0.05, 0.1) is 0 Å². The maximum absolute atomic E-state index is 5.41.